The Kier molecular flexibility index (Phi) is 6.09. The van der Waals surface area contributed by atoms with Crippen molar-refractivity contribution in [3.8, 4) is 0 Å². The molecule has 0 aliphatic carbocycles. The van der Waals surface area contributed by atoms with Gasteiger partial charge in [-0.05, 0) is 23.6 Å². The largest absolute Gasteiger partial charge is 0.320 e. The molecule has 27 heavy (non-hydrogen) atoms. The maximum Gasteiger partial charge on any atom is 0.294 e. The number of halogens is 1. The predicted octanol–water partition coefficient (Wildman–Crippen LogP) is 3.76. The lowest BCUT2D eigenvalue weighted by Crippen LogP contribution is -2.15. The molecule has 8 nitrogen and oxygen atoms in total. The maximum absolute atomic E-state index is 12.2. The third kappa shape index (κ3) is 4.85. The minimum Gasteiger partial charge on any atom is -0.320 e. The van der Waals surface area contributed by atoms with Gasteiger partial charge in [0.05, 0.1) is 10.7 Å². The number of nitro benzene ring substituents is 1. The molecule has 3 rings (SSSR count). The van der Waals surface area contributed by atoms with Crippen molar-refractivity contribution in [1.82, 2.24) is 14.8 Å². The quantitative estimate of drug-likeness (QED) is 0.352. The second-order valence-corrected chi connectivity index (χ2v) is 7.88. The van der Waals surface area contributed by atoms with Gasteiger partial charge in [-0.1, -0.05) is 29.4 Å². The molecule has 0 fully saturated rings. The highest BCUT2D eigenvalue weighted by atomic mass is 35.5. The summed E-state index contributed by atoms with van der Waals surface area (Å²) < 4.78 is 1.84. The van der Waals surface area contributed by atoms with E-state index in [0.29, 0.717) is 11.6 Å². The van der Waals surface area contributed by atoms with Crippen molar-refractivity contribution in [2.45, 2.75) is 11.6 Å². The zero-order valence-electron chi connectivity index (χ0n) is 14.1. The van der Waals surface area contributed by atoms with E-state index in [9.17, 15) is 14.9 Å². The second-order valence-electron chi connectivity index (χ2n) is 5.47. The Bertz CT molecular complexity index is 975. The fraction of sp³-hybridized carbons (Fsp3) is 0.188. The van der Waals surface area contributed by atoms with Crippen LogP contribution >= 0.6 is 34.7 Å². The number of nitro groups is 1. The molecule has 0 saturated carbocycles. The number of anilines is 1. The SMILES string of the molecule is Cn1c(Cc2cccs2)nnc1SCC(=O)Nc1ccc(Cl)cc1[N+](=O)[O-]. The number of rotatable bonds is 7. The highest BCUT2D eigenvalue weighted by Crippen LogP contribution is 2.28. The first kappa shape index (κ1) is 19.3. The number of carbonyl (C=O) groups is 1. The van der Waals surface area contributed by atoms with Gasteiger partial charge in [0.15, 0.2) is 5.16 Å². The third-order valence-electron chi connectivity index (χ3n) is 3.60. The summed E-state index contributed by atoms with van der Waals surface area (Å²) in [5.41, 5.74) is -0.149. The monoisotopic (exact) mass is 423 g/mol. The van der Waals surface area contributed by atoms with Crippen LogP contribution in [0.2, 0.25) is 5.02 Å². The Morgan fingerprint density at radius 2 is 2.22 bits per heavy atom. The molecule has 0 spiro atoms. The van der Waals surface area contributed by atoms with E-state index in [1.54, 1.807) is 11.3 Å². The van der Waals surface area contributed by atoms with Gasteiger partial charge in [0.2, 0.25) is 5.91 Å². The maximum atomic E-state index is 12.2. The number of benzene rings is 1. The van der Waals surface area contributed by atoms with Crippen LogP contribution in [0.3, 0.4) is 0 Å². The van der Waals surface area contributed by atoms with Crippen molar-refractivity contribution in [2.75, 3.05) is 11.1 Å². The molecule has 2 aromatic heterocycles. The number of thiophene rings is 1. The average Bonchev–Trinajstić information content (AvgIpc) is 3.26. The molecule has 0 unspecified atom stereocenters. The van der Waals surface area contributed by atoms with Gasteiger partial charge in [-0.15, -0.1) is 21.5 Å². The Labute approximate surface area is 167 Å². The minimum absolute atomic E-state index is 0.0464. The number of amides is 1. The van der Waals surface area contributed by atoms with Crippen LogP contribution in [0.4, 0.5) is 11.4 Å². The van der Waals surface area contributed by atoms with Crippen LogP contribution in [-0.2, 0) is 18.3 Å². The number of hydrogen-bond donors (Lipinski definition) is 1. The molecule has 3 aromatic rings. The lowest BCUT2D eigenvalue weighted by molar-refractivity contribution is -0.383. The van der Waals surface area contributed by atoms with Crippen molar-refractivity contribution in [2.24, 2.45) is 7.05 Å². The average molecular weight is 424 g/mol. The van der Waals surface area contributed by atoms with Crippen molar-refractivity contribution >= 4 is 52.0 Å². The topological polar surface area (TPSA) is 103 Å². The van der Waals surface area contributed by atoms with E-state index in [1.807, 2.05) is 29.1 Å². The number of nitrogens with one attached hydrogen (secondary N) is 1. The van der Waals surface area contributed by atoms with Crippen LogP contribution in [0.1, 0.15) is 10.7 Å². The van der Waals surface area contributed by atoms with Crippen LogP contribution in [0.5, 0.6) is 0 Å². The second kappa shape index (κ2) is 8.51. The molecule has 0 bridgehead atoms. The summed E-state index contributed by atoms with van der Waals surface area (Å²) in [6.45, 7) is 0. The molecule has 1 N–H and O–H groups in total. The van der Waals surface area contributed by atoms with E-state index in [0.717, 1.165) is 5.82 Å². The number of thioether (sulfide) groups is 1. The van der Waals surface area contributed by atoms with Crippen LogP contribution in [0.25, 0.3) is 0 Å². The van der Waals surface area contributed by atoms with Gasteiger partial charge in [-0.3, -0.25) is 14.9 Å². The summed E-state index contributed by atoms with van der Waals surface area (Å²) in [4.78, 5) is 23.8. The van der Waals surface area contributed by atoms with E-state index in [4.69, 9.17) is 11.6 Å². The Morgan fingerprint density at radius 1 is 1.41 bits per heavy atom. The third-order valence-corrected chi connectivity index (χ3v) is 5.73. The summed E-state index contributed by atoms with van der Waals surface area (Å²) in [7, 11) is 1.84. The highest BCUT2D eigenvalue weighted by molar-refractivity contribution is 7.99. The summed E-state index contributed by atoms with van der Waals surface area (Å²) >= 11 is 8.62. The van der Waals surface area contributed by atoms with Gasteiger partial charge in [-0.2, -0.15) is 0 Å². The van der Waals surface area contributed by atoms with E-state index in [-0.39, 0.29) is 28.1 Å². The summed E-state index contributed by atoms with van der Waals surface area (Å²) in [6.07, 6.45) is 0.672. The zero-order valence-corrected chi connectivity index (χ0v) is 16.5. The number of hydrogen-bond acceptors (Lipinski definition) is 7. The van der Waals surface area contributed by atoms with Gasteiger partial charge in [-0.25, -0.2) is 0 Å². The lowest BCUT2D eigenvalue weighted by atomic mass is 10.2. The van der Waals surface area contributed by atoms with E-state index >= 15 is 0 Å². The van der Waals surface area contributed by atoms with Crippen molar-refractivity contribution < 1.29 is 9.72 Å². The first-order chi connectivity index (χ1) is 12.9. The molecular weight excluding hydrogens is 410 g/mol. The van der Waals surface area contributed by atoms with Gasteiger partial charge in [0.25, 0.3) is 5.69 Å². The predicted molar refractivity (Wildman–Crippen MR) is 106 cm³/mol. The highest BCUT2D eigenvalue weighted by Gasteiger charge is 2.17. The Hall–Kier alpha value is -2.43. The molecule has 0 aliphatic rings. The molecule has 0 radical (unpaired) electrons. The summed E-state index contributed by atoms with van der Waals surface area (Å²) in [5, 5.41) is 24.7. The number of carbonyl (C=O) groups excluding carboxylic acids is 1. The molecule has 2 heterocycles. The lowest BCUT2D eigenvalue weighted by Gasteiger charge is -2.06. The molecular formula is C16H14ClN5O3S2. The minimum atomic E-state index is -0.589. The fourth-order valence-electron chi connectivity index (χ4n) is 2.27. The summed E-state index contributed by atoms with van der Waals surface area (Å²) in [6, 6.07) is 8.09. The van der Waals surface area contributed by atoms with Crippen molar-refractivity contribution in [1.29, 1.82) is 0 Å². The van der Waals surface area contributed by atoms with Gasteiger partial charge in [0, 0.05) is 29.4 Å². The molecule has 1 amide bonds. The molecule has 0 atom stereocenters. The summed E-state index contributed by atoms with van der Waals surface area (Å²) in [5.74, 6) is 0.465. The van der Waals surface area contributed by atoms with Crippen LogP contribution in [0, 0.1) is 10.1 Å². The zero-order chi connectivity index (χ0) is 19.4. The molecule has 140 valence electrons. The molecule has 1 aromatic carbocycles. The van der Waals surface area contributed by atoms with Crippen molar-refractivity contribution in [3.05, 3.63) is 61.6 Å². The molecule has 0 saturated heterocycles. The smallest absolute Gasteiger partial charge is 0.294 e. The van der Waals surface area contributed by atoms with Crippen molar-refractivity contribution in [3.63, 3.8) is 0 Å². The normalized spacial score (nSPS) is 10.7. The van der Waals surface area contributed by atoms with E-state index in [1.165, 1.54) is 34.8 Å². The Balaban J connectivity index is 1.62. The van der Waals surface area contributed by atoms with E-state index in [2.05, 4.69) is 15.5 Å². The first-order valence-electron chi connectivity index (χ1n) is 7.71. The van der Waals surface area contributed by atoms with Crippen LogP contribution < -0.4 is 5.32 Å². The number of nitrogens with zero attached hydrogens (tertiary/aromatic N) is 4. The van der Waals surface area contributed by atoms with Gasteiger partial charge >= 0.3 is 0 Å². The fourth-order valence-corrected chi connectivity index (χ4v) is 3.87. The number of aromatic nitrogens is 3. The van der Waals surface area contributed by atoms with Crippen LogP contribution in [0.15, 0.2) is 40.9 Å². The molecule has 11 heteroatoms. The standard InChI is InChI=1S/C16H14ClN5O3S2/c1-21-14(8-11-3-2-6-26-11)19-20-16(21)27-9-15(23)18-12-5-4-10(17)7-13(12)22(24)25/h2-7H,8-9H2,1H3,(H,18,23). The van der Waals surface area contributed by atoms with Gasteiger partial charge < -0.3 is 9.88 Å². The Morgan fingerprint density at radius 3 is 2.93 bits per heavy atom. The van der Waals surface area contributed by atoms with Gasteiger partial charge in [0.1, 0.15) is 11.5 Å². The van der Waals surface area contributed by atoms with E-state index < -0.39 is 4.92 Å². The first-order valence-corrected chi connectivity index (χ1v) is 9.95. The van der Waals surface area contributed by atoms with Crippen LogP contribution in [-0.4, -0.2) is 31.3 Å². The molecule has 0 aliphatic heterocycles.